The molecule has 0 saturated carbocycles. The van der Waals surface area contributed by atoms with Crippen LogP contribution >= 0.6 is 0 Å². The zero-order chi connectivity index (χ0) is 17.9. The van der Waals surface area contributed by atoms with E-state index in [2.05, 4.69) is 10.6 Å². The number of methoxy groups -OCH3 is 1. The standard InChI is InChI=1S/C14H20N2O4.C2H4O2/c1-19-10-3-2-4-11(7-10)20-9-14(18)16-12-8-15-6-5-13(12)17;1-2(3)4/h2-4,7,12-13,15,17H,5-6,8-9H2,1H3,(H,16,18);1H3,(H,3,4)/t12-,13+;/m0./s1. The summed E-state index contributed by atoms with van der Waals surface area (Å²) in [5.74, 6) is 0.164. The third kappa shape index (κ3) is 7.80. The van der Waals surface area contributed by atoms with Gasteiger partial charge in [0.05, 0.1) is 19.3 Å². The van der Waals surface area contributed by atoms with Crippen LogP contribution in [0.3, 0.4) is 0 Å². The van der Waals surface area contributed by atoms with Gasteiger partial charge in [0.15, 0.2) is 6.61 Å². The Bertz CT molecular complexity index is 533. The summed E-state index contributed by atoms with van der Waals surface area (Å²) in [5.41, 5.74) is 0. The number of rotatable bonds is 5. The molecule has 24 heavy (non-hydrogen) atoms. The number of benzene rings is 1. The minimum atomic E-state index is -0.833. The molecule has 1 aromatic carbocycles. The normalized spacial score (nSPS) is 19.5. The molecule has 8 nitrogen and oxygen atoms in total. The minimum Gasteiger partial charge on any atom is -0.497 e. The number of aliphatic hydroxyl groups is 1. The number of hydrogen-bond acceptors (Lipinski definition) is 6. The molecule has 0 spiro atoms. The minimum absolute atomic E-state index is 0.0869. The molecular weight excluding hydrogens is 316 g/mol. The van der Waals surface area contributed by atoms with Crippen molar-refractivity contribution in [1.29, 1.82) is 0 Å². The molecule has 1 aliphatic rings. The fraction of sp³-hybridized carbons (Fsp3) is 0.500. The number of hydrogen-bond donors (Lipinski definition) is 4. The van der Waals surface area contributed by atoms with Crippen molar-refractivity contribution in [2.45, 2.75) is 25.5 Å². The van der Waals surface area contributed by atoms with Crippen molar-refractivity contribution in [3.8, 4) is 11.5 Å². The molecule has 4 N–H and O–H groups in total. The first-order chi connectivity index (χ1) is 11.4. The summed E-state index contributed by atoms with van der Waals surface area (Å²) in [4.78, 5) is 20.8. The predicted molar refractivity (Wildman–Crippen MR) is 87.2 cm³/mol. The Balaban J connectivity index is 0.000000648. The smallest absolute Gasteiger partial charge is 0.300 e. The van der Waals surface area contributed by atoms with E-state index in [1.54, 1.807) is 31.4 Å². The molecule has 1 aliphatic heterocycles. The van der Waals surface area contributed by atoms with Gasteiger partial charge in [0.2, 0.25) is 0 Å². The lowest BCUT2D eigenvalue weighted by Crippen LogP contribution is -2.54. The second-order valence-electron chi connectivity index (χ2n) is 5.22. The summed E-state index contributed by atoms with van der Waals surface area (Å²) < 4.78 is 10.5. The van der Waals surface area contributed by atoms with E-state index in [0.29, 0.717) is 24.5 Å². The van der Waals surface area contributed by atoms with Crippen molar-refractivity contribution >= 4 is 11.9 Å². The average Bonchev–Trinajstić information content (AvgIpc) is 2.55. The molecule has 1 fully saturated rings. The lowest BCUT2D eigenvalue weighted by atomic mass is 10.0. The van der Waals surface area contributed by atoms with E-state index in [1.165, 1.54) is 0 Å². The summed E-state index contributed by atoms with van der Waals surface area (Å²) in [7, 11) is 1.57. The van der Waals surface area contributed by atoms with Gasteiger partial charge in [0, 0.05) is 19.5 Å². The lowest BCUT2D eigenvalue weighted by molar-refractivity contribution is -0.134. The van der Waals surface area contributed by atoms with Gasteiger partial charge in [-0.2, -0.15) is 0 Å². The maximum atomic E-state index is 11.8. The van der Waals surface area contributed by atoms with Crippen molar-refractivity contribution < 1.29 is 29.3 Å². The maximum absolute atomic E-state index is 11.8. The van der Waals surface area contributed by atoms with Crippen LogP contribution < -0.4 is 20.1 Å². The SMILES string of the molecule is CC(=O)O.COc1cccc(OCC(=O)N[C@H]2CNCC[C@H]2O)c1. The van der Waals surface area contributed by atoms with Crippen molar-refractivity contribution in [1.82, 2.24) is 10.6 Å². The Hall–Kier alpha value is -2.32. The highest BCUT2D eigenvalue weighted by Gasteiger charge is 2.24. The zero-order valence-electron chi connectivity index (χ0n) is 13.8. The van der Waals surface area contributed by atoms with E-state index in [-0.39, 0.29) is 18.6 Å². The highest BCUT2D eigenvalue weighted by Crippen LogP contribution is 2.18. The largest absolute Gasteiger partial charge is 0.497 e. The molecule has 0 radical (unpaired) electrons. The van der Waals surface area contributed by atoms with E-state index >= 15 is 0 Å². The number of carbonyl (C=O) groups excluding carboxylic acids is 1. The van der Waals surface area contributed by atoms with Crippen molar-refractivity contribution in [3.63, 3.8) is 0 Å². The summed E-state index contributed by atoms with van der Waals surface area (Å²) in [6.45, 7) is 2.34. The van der Waals surface area contributed by atoms with Crippen LogP contribution in [-0.2, 0) is 9.59 Å². The number of amides is 1. The van der Waals surface area contributed by atoms with E-state index in [4.69, 9.17) is 19.4 Å². The molecule has 134 valence electrons. The number of ether oxygens (including phenoxy) is 2. The number of piperidine rings is 1. The first-order valence-electron chi connectivity index (χ1n) is 7.57. The van der Waals surface area contributed by atoms with E-state index in [0.717, 1.165) is 13.5 Å². The molecule has 2 atom stereocenters. The van der Waals surface area contributed by atoms with Crippen LogP contribution in [0.5, 0.6) is 11.5 Å². The number of nitrogens with one attached hydrogen (secondary N) is 2. The molecule has 0 aliphatic carbocycles. The third-order valence-corrected chi connectivity index (χ3v) is 3.20. The van der Waals surface area contributed by atoms with Crippen LogP contribution in [0.2, 0.25) is 0 Å². The summed E-state index contributed by atoms with van der Waals surface area (Å²) in [6, 6.07) is 6.81. The van der Waals surface area contributed by atoms with E-state index in [1.807, 2.05) is 0 Å². The first-order valence-corrected chi connectivity index (χ1v) is 7.57. The Morgan fingerprint density at radius 3 is 2.67 bits per heavy atom. The first kappa shape index (κ1) is 19.7. The molecular formula is C16H24N2O6. The Morgan fingerprint density at radius 1 is 1.38 bits per heavy atom. The van der Waals surface area contributed by atoms with Gasteiger partial charge >= 0.3 is 0 Å². The quantitative estimate of drug-likeness (QED) is 0.596. The van der Waals surface area contributed by atoms with Crippen LogP contribution in [0, 0.1) is 0 Å². The lowest BCUT2D eigenvalue weighted by Gasteiger charge is -2.29. The second kappa shape index (κ2) is 10.5. The molecule has 8 heteroatoms. The highest BCUT2D eigenvalue weighted by molar-refractivity contribution is 5.78. The Kier molecular flexibility index (Phi) is 8.59. The van der Waals surface area contributed by atoms with Crippen molar-refractivity contribution in [3.05, 3.63) is 24.3 Å². The summed E-state index contributed by atoms with van der Waals surface area (Å²) in [6.07, 6.45) is 0.138. The van der Waals surface area contributed by atoms with Crippen molar-refractivity contribution in [2.24, 2.45) is 0 Å². The van der Waals surface area contributed by atoms with Crippen LogP contribution in [0.25, 0.3) is 0 Å². The topological polar surface area (TPSA) is 117 Å². The summed E-state index contributed by atoms with van der Waals surface area (Å²) >= 11 is 0. The van der Waals surface area contributed by atoms with Gasteiger partial charge in [0.1, 0.15) is 11.5 Å². The molecule has 0 bridgehead atoms. The van der Waals surface area contributed by atoms with Gasteiger partial charge in [-0.15, -0.1) is 0 Å². The summed E-state index contributed by atoms with van der Waals surface area (Å²) in [5, 5.41) is 23.1. The van der Waals surface area contributed by atoms with Crippen LogP contribution in [0.1, 0.15) is 13.3 Å². The van der Waals surface area contributed by atoms with Gasteiger partial charge in [0.25, 0.3) is 11.9 Å². The van der Waals surface area contributed by atoms with Crippen LogP contribution in [0.15, 0.2) is 24.3 Å². The number of carboxylic acid groups (broad SMARTS) is 1. The van der Waals surface area contributed by atoms with Gasteiger partial charge < -0.3 is 30.3 Å². The maximum Gasteiger partial charge on any atom is 0.300 e. The monoisotopic (exact) mass is 340 g/mol. The number of carbonyl (C=O) groups is 2. The van der Waals surface area contributed by atoms with Gasteiger partial charge in [-0.3, -0.25) is 9.59 Å². The van der Waals surface area contributed by atoms with Crippen LogP contribution in [0.4, 0.5) is 0 Å². The number of aliphatic hydroxyl groups excluding tert-OH is 1. The third-order valence-electron chi connectivity index (χ3n) is 3.20. The molecule has 1 aromatic rings. The molecule has 1 amide bonds. The van der Waals surface area contributed by atoms with Crippen LogP contribution in [-0.4, -0.2) is 61.0 Å². The highest BCUT2D eigenvalue weighted by atomic mass is 16.5. The van der Waals surface area contributed by atoms with E-state index < -0.39 is 12.1 Å². The number of aliphatic carboxylic acids is 1. The predicted octanol–water partition coefficient (Wildman–Crippen LogP) is 0.00390. The van der Waals surface area contributed by atoms with Gasteiger partial charge in [-0.05, 0) is 25.1 Å². The van der Waals surface area contributed by atoms with Crippen molar-refractivity contribution in [2.75, 3.05) is 26.8 Å². The average molecular weight is 340 g/mol. The molecule has 0 aromatic heterocycles. The van der Waals surface area contributed by atoms with E-state index in [9.17, 15) is 9.90 Å². The molecule has 2 rings (SSSR count). The van der Waals surface area contributed by atoms with Gasteiger partial charge in [-0.1, -0.05) is 6.07 Å². The second-order valence-corrected chi connectivity index (χ2v) is 5.22. The Morgan fingerprint density at radius 2 is 2.04 bits per heavy atom. The van der Waals surface area contributed by atoms with Gasteiger partial charge in [-0.25, -0.2) is 0 Å². The molecule has 1 saturated heterocycles. The fourth-order valence-electron chi connectivity index (χ4n) is 2.08. The molecule has 0 unspecified atom stereocenters. The molecule has 1 heterocycles. The Labute approximate surface area is 140 Å². The fourth-order valence-corrected chi connectivity index (χ4v) is 2.08. The zero-order valence-corrected chi connectivity index (χ0v) is 13.8. The number of carboxylic acids is 1.